The lowest BCUT2D eigenvalue weighted by molar-refractivity contribution is -0.318. The summed E-state index contributed by atoms with van der Waals surface area (Å²) in [5, 5.41) is 46.6. The van der Waals surface area contributed by atoms with Crippen LogP contribution < -0.4 is 0 Å². The van der Waals surface area contributed by atoms with Crippen molar-refractivity contribution < 1.29 is 58.4 Å². The van der Waals surface area contributed by atoms with Gasteiger partial charge < -0.3 is 53.6 Å². The van der Waals surface area contributed by atoms with E-state index in [-0.39, 0.29) is 30.9 Å². The number of benzene rings is 1. The molecule has 1 aromatic carbocycles. The highest BCUT2D eigenvalue weighted by molar-refractivity contribution is 6.30. The van der Waals surface area contributed by atoms with Crippen LogP contribution in [0, 0.1) is 23.7 Å². The Morgan fingerprint density at radius 3 is 2.37 bits per heavy atom. The minimum absolute atomic E-state index is 0.0885. The maximum atomic E-state index is 14.4. The van der Waals surface area contributed by atoms with Crippen molar-refractivity contribution in [1.29, 1.82) is 0 Å². The van der Waals surface area contributed by atoms with Crippen molar-refractivity contribution in [1.82, 2.24) is 4.90 Å². The molecule has 0 aromatic heterocycles. The summed E-state index contributed by atoms with van der Waals surface area (Å²) in [5.41, 5.74) is -2.80. The first kappa shape index (κ1) is 46.6. The average molecular weight is 828 g/mol. The van der Waals surface area contributed by atoms with E-state index >= 15 is 0 Å². The van der Waals surface area contributed by atoms with Crippen LogP contribution in [0.3, 0.4) is 0 Å². The molecule has 4 fully saturated rings. The number of methoxy groups -OCH3 is 1. The third-order valence-corrected chi connectivity index (χ3v) is 13.8. The van der Waals surface area contributed by atoms with Gasteiger partial charge in [-0.3, -0.25) is 9.69 Å². The quantitative estimate of drug-likeness (QED) is 0.224. The SMILES string of the molecule is CC[C@@H](O)[C@@](C)(O)[C@@H]1OC(=O)C(C)C(O[C@@H]2C[C@](C)(OC)[C@H](O)[C@H](C)O2)[C@H](C)[C@@H](O[C@H]2O[C@@H](C)C[C@@H](N(C)Cc3cccc(Cl)c3)[C@@H]2O)[C@@]2(C)C[C@@H](C)[C@H](O2)[C@@H]1C. The Labute approximate surface area is 344 Å². The summed E-state index contributed by atoms with van der Waals surface area (Å²) < 4.78 is 45.6. The number of carbonyl (C=O) groups is 1. The number of ether oxygens (including phenoxy) is 7. The summed E-state index contributed by atoms with van der Waals surface area (Å²) in [6.07, 6.45) is -7.95. The number of aliphatic hydroxyl groups is 4. The van der Waals surface area contributed by atoms with Gasteiger partial charge in [-0.15, -0.1) is 0 Å². The first-order valence-electron chi connectivity index (χ1n) is 20.8. The topological polar surface area (TPSA) is 166 Å². The van der Waals surface area contributed by atoms with E-state index in [2.05, 4.69) is 11.8 Å². The van der Waals surface area contributed by atoms with Gasteiger partial charge in [0.2, 0.25) is 0 Å². The smallest absolute Gasteiger partial charge is 0.311 e. The van der Waals surface area contributed by atoms with Crippen molar-refractivity contribution in [2.45, 2.75) is 192 Å². The fourth-order valence-electron chi connectivity index (χ4n) is 10.2. The third kappa shape index (κ3) is 9.71. The normalized spacial score (nSPS) is 44.9. The summed E-state index contributed by atoms with van der Waals surface area (Å²) in [7, 11) is 3.49. The number of rotatable bonds is 11. The van der Waals surface area contributed by atoms with Crippen LogP contribution in [0.15, 0.2) is 24.3 Å². The second kappa shape index (κ2) is 18.3. The Balaban J connectivity index is 1.55. The Kier molecular flexibility index (Phi) is 14.9. The zero-order chi connectivity index (χ0) is 42.4. The summed E-state index contributed by atoms with van der Waals surface area (Å²) in [6.45, 7) is 18.9. The van der Waals surface area contributed by atoms with E-state index in [4.69, 9.17) is 44.8 Å². The van der Waals surface area contributed by atoms with Gasteiger partial charge in [-0.05, 0) is 91.5 Å². The van der Waals surface area contributed by atoms with E-state index in [0.717, 1.165) is 5.56 Å². The van der Waals surface area contributed by atoms with Gasteiger partial charge in [-0.2, -0.15) is 0 Å². The largest absolute Gasteiger partial charge is 0.459 e. The number of cyclic esters (lactones) is 1. The van der Waals surface area contributed by atoms with E-state index in [0.29, 0.717) is 24.4 Å². The Morgan fingerprint density at radius 2 is 1.74 bits per heavy atom. The van der Waals surface area contributed by atoms with Crippen molar-refractivity contribution in [3.05, 3.63) is 34.9 Å². The van der Waals surface area contributed by atoms with Crippen molar-refractivity contribution in [3.63, 3.8) is 0 Å². The molecular formula is C43H70ClNO12. The molecule has 4 saturated heterocycles. The fraction of sp³-hybridized carbons (Fsp3) is 0.837. The van der Waals surface area contributed by atoms with Gasteiger partial charge in [0.25, 0.3) is 0 Å². The molecule has 1 aromatic rings. The Bertz CT molecular complexity index is 1500. The molecule has 4 aliphatic heterocycles. The lowest BCUT2D eigenvalue weighted by Gasteiger charge is -2.48. The van der Waals surface area contributed by atoms with Gasteiger partial charge in [0.1, 0.15) is 23.9 Å². The van der Waals surface area contributed by atoms with Crippen LogP contribution in [-0.4, -0.2) is 136 Å². The van der Waals surface area contributed by atoms with Crippen LogP contribution in [-0.2, 0) is 44.5 Å². The first-order valence-corrected chi connectivity index (χ1v) is 21.2. The molecule has 13 nitrogen and oxygen atoms in total. The van der Waals surface area contributed by atoms with Crippen LogP contribution >= 0.6 is 11.6 Å². The lowest BCUT2D eigenvalue weighted by Crippen LogP contribution is -2.60. The van der Waals surface area contributed by atoms with Crippen molar-refractivity contribution >= 4 is 17.6 Å². The Morgan fingerprint density at radius 1 is 1.05 bits per heavy atom. The number of carbonyl (C=O) groups excluding carboxylic acids is 1. The number of likely N-dealkylation sites (N-methyl/N-ethyl adjacent to an activating group) is 1. The molecule has 2 bridgehead atoms. The number of hydrogen-bond donors (Lipinski definition) is 4. The lowest BCUT2D eigenvalue weighted by atomic mass is 9.76. The summed E-state index contributed by atoms with van der Waals surface area (Å²) in [5.74, 6) is -2.82. The molecule has 4 aliphatic rings. The van der Waals surface area contributed by atoms with E-state index in [1.807, 2.05) is 59.0 Å². The van der Waals surface area contributed by atoms with E-state index in [9.17, 15) is 25.2 Å². The van der Waals surface area contributed by atoms with Gasteiger partial charge >= 0.3 is 5.97 Å². The van der Waals surface area contributed by atoms with Crippen molar-refractivity contribution in [2.75, 3.05) is 14.2 Å². The average Bonchev–Trinajstić information content (AvgIpc) is 3.47. The molecule has 4 N–H and O–H groups in total. The minimum Gasteiger partial charge on any atom is -0.459 e. The maximum Gasteiger partial charge on any atom is 0.311 e. The highest BCUT2D eigenvalue weighted by atomic mass is 35.5. The second-order valence-corrected chi connectivity index (χ2v) is 18.8. The van der Waals surface area contributed by atoms with Crippen LogP contribution in [0.4, 0.5) is 0 Å². The highest BCUT2D eigenvalue weighted by Gasteiger charge is 2.59. The summed E-state index contributed by atoms with van der Waals surface area (Å²) in [4.78, 5) is 16.5. The molecule has 0 saturated carbocycles. The molecule has 57 heavy (non-hydrogen) atoms. The minimum atomic E-state index is -1.81. The van der Waals surface area contributed by atoms with Gasteiger partial charge in [0.05, 0.1) is 53.7 Å². The van der Waals surface area contributed by atoms with Crippen molar-refractivity contribution in [3.8, 4) is 0 Å². The predicted octanol–water partition coefficient (Wildman–Crippen LogP) is 4.85. The fourth-order valence-corrected chi connectivity index (χ4v) is 10.4. The van der Waals surface area contributed by atoms with E-state index in [1.165, 1.54) is 14.0 Å². The van der Waals surface area contributed by atoms with E-state index in [1.54, 1.807) is 27.7 Å². The molecule has 4 heterocycles. The number of aliphatic hydroxyl groups excluding tert-OH is 3. The van der Waals surface area contributed by atoms with Crippen molar-refractivity contribution in [2.24, 2.45) is 23.7 Å². The van der Waals surface area contributed by atoms with Crippen LogP contribution in [0.2, 0.25) is 5.02 Å². The monoisotopic (exact) mass is 827 g/mol. The number of fused-ring (bicyclic) bond motifs is 2. The highest BCUT2D eigenvalue weighted by Crippen LogP contribution is 2.48. The molecule has 0 amide bonds. The van der Waals surface area contributed by atoms with Gasteiger partial charge in [0.15, 0.2) is 12.6 Å². The first-order chi connectivity index (χ1) is 26.6. The van der Waals surface area contributed by atoms with Crippen LogP contribution in [0.5, 0.6) is 0 Å². The third-order valence-electron chi connectivity index (χ3n) is 13.6. The molecule has 0 radical (unpaired) electrons. The Hall–Kier alpha value is -1.46. The second-order valence-electron chi connectivity index (χ2n) is 18.3. The zero-order valence-electron chi connectivity index (χ0n) is 36.0. The molecule has 326 valence electrons. The van der Waals surface area contributed by atoms with E-state index < -0.39 is 102 Å². The maximum absolute atomic E-state index is 14.4. The number of hydrogen-bond acceptors (Lipinski definition) is 13. The van der Waals surface area contributed by atoms with Crippen LogP contribution in [0.25, 0.3) is 0 Å². The molecule has 2 unspecified atom stereocenters. The van der Waals surface area contributed by atoms with Gasteiger partial charge in [-0.25, -0.2) is 0 Å². The predicted molar refractivity (Wildman–Crippen MR) is 213 cm³/mol. The molecule has 5 rings (SSSR count). The standard InChI is InChI=1S/C43H70ClNO12/c1-13-31(46)43(10,50)38-24(4)34-22(2)19-42(9,57-34)37(56-40-33(47)30(17-23(3)52-40)45(11)21-28-15-14-16-29(44)18-28)25(5)35(26(6)39(49)55-38)54-32-20-41(8,51-12)36(48)27(7)53-32/h14-16,18,22-27,30-38,40,46-48,50H,13,17,19-21H2,1-12H3/t22-,23+,24+,25+,26?,27+,30-,31-,32-,33+,34+,35?,36-,37-,38-,40-,41+,42-,43-/m1/s1. The number of halogens is 1. The van der Waals surface area contributed by atoms with Gasteiger partial charge in [-0.1, -0.05) is 51.4 Å². The molecule has 0 aliphatic carbocycles. The number of nitrogens with zero attached hydrogens (tertiary/aromatic N) is 1. The van der Waals surface area contributed by atoms with Crippen LogP contribution in [0.1, 0.15) is 100 Å². The molecule has 14 heteroatoms. The number of esters is 1. The summed E-state index contributed by atoms with van der Waals surface area (Å²) in [6, 6.07) is 7.31. The zero-order valence-corrected chi connectivity index (χ0v) is 36.7. The molecule has 19 atom stereocenters. The molecule has 0 spiro atoms. The molecular weight excluding hydrogens is 758 g/mol. The summed E-state index contributed by atoms with van der Waals surface area (Å²) >= 11 is 6.30. The van der Waals surface area contributed by atoms with Gasteiger partial charge in [0, 0.05) is 43.0 Å².